The Kier molecular flexibility index (Phi) is 4.65. The average molecular weight is 183 g/mol. The van der Waals surface area contributed by atoms with Gasteiger partial charge in [0.2, 0.25) is 0 Å². The van der Waals surface area contributed by atoms with Crippen molar-refractivity contribution in [2.75, 3.05) is 5.75 Å². The van der Waals surface area contributed by atoms with Gasteiger partial charge < -0.3 is 5.84 Å². The van der Waals surface area contributed by atoms with Crippen molar-refractivity contribution < 1.29 is 0 Å². The molecule has 0 aliphatic heterocycles. The second-order valence-electron chi connectivity index (χ2n) is 0.815. The highest BCUT2D eigenvalue weighted by Gasteiger charge is 1.85. The molecule has 0 aromatic carbocycles. The van der Waals surface area contributed by atoms with Crippen LogP contribution in [0.15, 0.2) is 5.10 Å². The molecule has 0 aliphatic carbocycles. The molecule has 0 heterocycles. The minimum Gasteiger partial charge on any atom is -0.322 e. The summed E-state index contributed by atoms with van der Waals surface area (Å²) in [7, 11) is 0. The van der Waals surface area contributed by atoms with Crippen LogP contribution in [-0.2, 0) is 0 Å². The molecule has 2 N–H and O–H groups in total. The smallest absolute Gasteiger partial charge is 0.158 e. The van der Waals surface area contributed by atoms with Crippen LogP contribution in [0.1, 0.15) is 6.92 Å². The summed E-state index contributed by atoms with van der Waals surface area (Å²) < 4.78 is 0.759. The van der Waals surface area contributed by atoms with E-state index in [0.29, 0.717) is 0 Å². The normalized spacial score (nSPS) is 12.0. The number of halogens is 1. The first-order valence-corrected chi connectivity index (χ1v) is 3.65. The molecular weight excluding hydrogens is 176 g/mol. The van der Waals surface area contributed by atoms with Crippen molar-refractivity contribution in [3.63, 3.8) is 0 Å². The lowest BCUT2D eigenvalue weighted by atomic mass is 11.0. The van der Waals surface area contributed by atoms with Crippen molar-refractivity contribution in [2.24, 2.45) is 10.9 Å². The Labute approximate surface area is 55.7 Å². The van der Waals surface area contributed by atoms with E-state index >= 15 is 0 Å². The molecule has 0 atom stereocenters. The molecule has 42 valence electrons. The van der Waals surface area contributed by atoms with E-state index in [1.165, 1.54) is 0 Å². The fraction of sp³-hybridized carbons (Fsp3) is 0.667. The number of hydrogen-bond donors (Lipinski definition) is 1. The zero-order chi connectivity index (χ0) is 5.70. The number of hydrazone groups is 1. The van der Waals surface area contributed by atoms with Gasteiger partial charge in [0.1, 0.15) is 0 Å². The number of thioether (sulfide) groups is 1. The first kappa shape index (κ1) is 7.30. The van der Waals surface area contributed by atoms with Gasteiger partial charge in [0, 0.05) is 0 Å². The van der Waals surface area contributed by atoms with Crippen LogP contribution in [0.4, 0.5) is 0 Å². The third kappa shape index (κ3) is 4.15. The molecule has 0 aliphatic rings. The summed E-state index contributed by atoms with van der Waals surface area (Å²) in [6.07, 6.45) is 0. The maximum Gasteiger partial charge on any atom is 0.158 e. The van der Waals surface area contributed by atoms with E-state index in [0.717, 1.165) is 9.71 Å². The lowest BCUT2D eigenvalue weighted by Crippen LogP contribution is -1.85. The van der Waals surface area contributed by atoms with Crippen molar-refractivity contribution in [3.05, 3.63) is 0 Å². The predicted molar refractivity (Wildman–Crippen MR) is 38.7 cm³/mol. The summed E-state index contributed by atoms with van der Waals surface area (Å²) in [5.74, 6) is 5.88. The predicted octanol–water partition coefficient (Wildman–Crippen LogP) is 1.36. The fourth-order valence-corrected chi connectivity index (χ4v) is 1.16. The first-order chi connectivity index (χ1) is 3.31. The lowest BCUT2D eigenvalue weighted by molar-refractivity contribution is 1.27. The average Bonchev–Trinajstić information content (AvgIpc) is 1.68. The van der Waals surface area contributed by atoms with Gasteiger partial charge in [0.25, 0.3) is 0 Å². The molecule has 0 amide bonds. The van der Waals surface area contributed by atoms with Gasteiger partial charge in [0.15, 0.2) is 3.95 Å². The quantitative estimate of drug-likeness (QED) is 0.288. The van der Waals surface area contributed by atoms with Gasteiger partial charge in [-0.25, -0.2) is 0 Å². The summed E-state index contributed by atoms with van der Waals surface area (Å²) in [6, 6.07) is 0. The number of nitrogens with two attached hydrogens (primary N) is 1. The van der Waals surface area contributed by atoms with Crippen LogP contribution in [0.3, 0.4) is 0 Å². The highest BCUT2D eigenvalue weighted by molar-refractivity contribution is 9.22. The Morgan fingerprint density at radius 1 is 2.00 bits per heavy atom. The molecule has 0 rings (SSSR count). The third-order valence-corrected chi connectivity index (χ3v) is 1.89. The molecule has 7 heavy (non-hydrogen) atoms. The standard InChI is InChI=1S/C3H7BrN2S/c1-2-7-3(4)6-5/h2,5H2,1H3/b6-3-. The SMILES string of the molecule is CCS/C(Br)=N\N. The maximum absolute atomic E-state index is 4.88. The van der Waals surface area contributed by atoms with Crippen LogP contribution >= 0.6 is 27.7 Å². The molecule has 0 aromatic rings. The van der Waals surface area contributed by atoms with E-state index in [1.807, 2.05) is 6.92 Å². The van der Waals surface area contributed by atoms with E-state index in [9.17, 15) is 0 Å². The maximum atomic E-state index is 4.88. The molecule has 0 aromatic heterocycles. The lowest BCUT2D eigenvalue weighted by Gasteiger charge is -1.86. The molecule has 0 unspecified atom stereocenters. The van der Waals surface area contributed by atoms with Crippen LogP contribution in [0.25, 0.3) is 0 Å². The highest BCUT2D eigenvalue weighted by atomic mass is 79.9. The second kappa shape index (κ2) is 4.46. The largest absolute Gasteiger partial charge is 0.322 e. The zero-order valence-electron chi connectivity index (χ0n) is 4.02. The minimum absolute atomic E-state index is 0.759. The zero-order valence-corrected chi connectivity index (χ0v) is 6.42. The molecule has 0 saturated heterocycles. The number of hydrogen-bond acceptors (Lipinski definition) is 3. The Balaban J connectivity index is 3.17. The van der Waals surface area contributed by atoms with Gasteiger partial charge in [-0.3, -0.25) is 0 Å². The Bertz CT molecular complexity index is 73.3. The van der Waals surface area contributed by atoms with Crippen molar-refractivity contribution in [1.29, 1.82) is 0 Å². The second-order valence-corrected chi connectivity index (χ2v) is 3.34. The van der Waals surface area contributed by atoms with Crippen LogP contribution in [0.5, 0.6) is 0 Å². The van der Waals surface area contributed by atoms with E-state index in [1.54, 1.807) is 11.8 Å². The van der Waals surface area contributed by atoms with Crippen LogP contribution < -0.4 is 5.84 Å². The van der Waals surface area contributed by atoms with Crippen molar-refractivity contribution in [1.82, 2.24) is 0 Å². The summed E-state index contributed by atoms with van der Waals surface area (Å²) in [6.45, 7) is 2.04. The summed E-state index contributed by atoms with van der Waals surface area (Å²) in [5.41, 5.74) is 0. The Morgan fingerprint density at radius 3 is 2.71 bits per heavy atom. The van der Waals surface area contributed by atoms with Gasteiger partial charge in [-0.1, -0.05) is 18.7 Å². The van der Waals surface area contributed by atoms with E-state index in [-0.39, 0.29) is 0 Å². The van der Waals surface area contributed by atoms with Crippen molar-refractivity contribution in [3.8, 4) is 0 Å². The molecule has 2 nitrogen and oxygen atoms in total. The number of rotatable bonds is 1. The minimum atomic E-state index is 0.759. The topological polar surface area (TPSA) is 38.4 Å². The van der Waals surface area contributed by atoms with Gasteiger partial charge in [0.05, 0.1) is 0 Å². The molecule has 0 fully saturated rings. The summed E-state index contributed by atoms with van der Waals surface area (Å²) >= 11 is 4.70. The van der Waals surface area contributed by atoms with E-state index in [4.69, 9.17) is 5.84 Å². The van der Waals surface area contributed by atoms with Gasteiger partial charge in [-0.2, -0.15) is 5.10 Å². The molecule has 4 heteroatoms. The molecule has 0 spiro atoms. The molecule has 0 bridgehead atoms. The number of nitrogens with zero attached hydrogens (tertiary/aromatic N) is 1. The van der Waals surface area contributed by atoms with E-state index in [2.05, 4.69) is 21.0 Å². The molecule has 0 saturated carbocycles. The van der Waals surface area contributed by atoms with Gasteiger partial charge in [-0.05, 0) is 21.7 Å². The fourth-order valence-electron chi connectivity index (χ4n) is 0.156. The van der Waals surface area contributed by atoms with Crippen molar-refractivity contribution >= 4 is 31.6 Å². The summed E-state index contributed by atoms with van der Waals surface area (Å²) in [4.78, 5) is 0. The van der Waals surface area contributed by atoms with Crippen LogP contribution in [0, 0.1) is 0 Å². The van der Waals surface area contributed by atoms with E-state index < -0.39 is 0 Å². The monoisotopic (exact) mass is 182 g/mol. The Morgan fingerprint density at radius 2 is 2.57 bits per heavy atom. The van der Waals surface area contributed by atoms with Gasteiger partial charge in [-0.15, -0.1) is 0 Å². The Hall–Kier alpha value is 0.300. The summed E-state index contributed by atoms with van der Waals surface area (Å²) in [5, 5.41) is 3.37. The first-order valence-electron chi connectivity index (χ1n) is 1.87. The van der Waals surface area contributed by atoms with Gasteiger partial charge >= 0.3 is 0 Å². The van der Waals surface area contributed by atoms with Crippen LogP contribution in [-0.4, -0.2) is 9.71 Å². The highest BCUT2D eigenvalue weighted by Crippen LogP contribution is 2.06. The van der Waals surface area contributed by atoms with Crippen LogP contribution in [0.2, 0.25) is 0 Å². The molecular formula is C3H7BrN2S. The van der Waals surface area contributed by atoms with Crippen molar-refractivity contribution in [2.45, 2.75) is 6.92 Å². The third-order valence-electron chi connectivity index (χ3n) is 0.365. The molecule has 0 radical (unpaired) electrons.